The molecule has 2 amide bonds. The summed E-state index contributed by atoms with van der Waals surface area (Å²) in [5, 5.41) is 2.99. The van der Waals surface area contributed by atoms with Crippen molar-refractivity contribution in [2.45, 2.75) is 12.8 Å². The molecule has 1 N–H and O–H groups in total. The number of carbonyl (C=O) groups excluding carboxylic acids is 2. The van der Waals surface area contributed by atoms with Crippen molar-refractivity contribution in [2.24, 2.45) is 5.92 Å². The number of methoxy groups -OCH3 is 1. The van der Waals surface area contributed by atoms with Crippen molar-refractivity contribution < 1.29 is 14.3 Å². The molecule has 5 heteroatoms. The lowest BCUT2D eigenvalue weighted by Crippen LogP contribution is -2.38. The molecule has 1 aliphatic rings. The molecular formula is C27H28N2O3. The average Bonchev–Trinajstić information content (AvgIpc) is 3.02. The van der Waals surface area contributed by atoms with Gasteiger partial charge in [-0.3, -0.25) is 9.59 Å². The molecule has 3 aromatic carbocycles. The fourth-order valence-electron chi connectivity index (χ4n) is 4.18. The molecule has 1 saturated heterocycles. The highest BCUT2D eigenvalue weighted by Gasteiger charge is 2.28. The molecule has 1 fully saturated rings. The lowest BCUT2D eigenvalue weighted by Gasteiger charge is -2.24. The van der Waals surface area contributed by atoms with Gasteiger partial charge in [0.1, 0.15) is 5.75 Å². The number of hydrogen-bond acceptors (Lipinski definition) is 3. The number of nitrogens with one attached hydrogen (secondary N) is 1. The Morgan fingerprint density at radius 2 is 1.72 bits per heavy atom. The third kappa shape index (κ3) is 5.17. The van der Waals surface area contributed by atoms with E-state index in [-0.39, 0.29) is 17.7 Å². The van der Waals surface area contributed by atoms with Gasteiger partial charge in [0.2, 0.25) is 11.8 Å². The molecular weight excluding hydrogens is 400 g/mol. The summed E-state index contributed by atoms with van der Waals surface area (Å²) in [6.07, 6.45) is 0.898. The number of benzene rings is 3. The van der Waals surface area contributed by atoms with Gasteiger partial charge in [0.05, 0.1) is 19.4 Å². The maximum Gasteiger partial charge on any atom is 0.227 e. The molecule has 0 unspecified atom stereocenters. The first kappa shape index (κ1) is 21.6. The van der Waals surface area contributed by atoms with E-state index in [1.54, 1.807) is 7.11 Å². The van der Waals surface area contributed by atoms with Gasteiger partial charge in [-0.2, -0.15) is 0 Å². The van der Waals surface area contributed by atoms with Crippen molar-refractivity contribution in [1.82, 2.24) is 10.2 Å². The summed E-state index contributed by atoms with van der Waals surface area (Å²) in [5.74, 6) is 0.519. The third-order valence-electron chi connectivity index (χ3n) is 5.93. The molecule has 5 nitrogen and oxygen atoms in total. The molecule has 0 radical (unpaired) electrons. The van der Waals surface area contributed by atoms with Crippen molar-refractivity contribution in [3.8, 4) is 16.9 Å². The van der Waals surface area contributed by atoms with E-state index in [1.807, 2.05) is 59.5 Å². The van der Waals surface area contributed by atoms with E-state index in [0.717, 1.165) is 28.0 Å². The number of carbonyl (C=O) groups is 2. The standard InChI is InChI=1S/C27H28N2O3/c1-32-24-13-11-20(12-14-24)17-26(30)29-16-15-28-27(31)23(19-29)18-22-9-5-6-10-25(22)21-7-3-2-4-8-21/h2-14,23H,15-19H2,1H3,(H,28,31)/t23-/m0/s1. The SMILES string of the molecule is COc1ccc(CC(=O)N2CCNC(=O)[C@@H](Cc3ccccc3-c3ccccc3)C2)cc1. The maximum absolute atomic E-state index is 13.0. The van der Waals surface area contributed by atoms with Crippen LogP contribution in [0.2, 0.25) is 0 Å². The molecule has 3 aromatic rings. The van der Waals surface area contributed by atoms with Crippen LogP contribution in [0, 0.1) is 5.92 Å². The highest BCUT2D eigenvalue weighted by molar-refractivity contribution is 5.83. The molecule has 1 aliphatic heterocycles. The smallest absolute Gasteiger partial charge is 0.227 e. The van der Waals surface area contributed by atoms with Gasteiger partial charge in [0.25, 0.3) is 0 Å². The molecule has 0 spiro atoms. The highest BCUT2D eigenvalue weighted by atomic mass is 16.5. The van der Waals surface area contributed by atoms with Crippen molar-refractivity contribution in [2.75, 3.05) is 26.7 Å². The molecule has 4 rings (SSSR count). The van der Waals surface area contributed by atoms with Gasteiger partial charge in [-0.15, -0.1) is 0 Å². The van der Waals surface area contributed by atoms with Crippen LogP contribution in [0.15, 0.2) is 78.9 Å². The Balaban J connectivity index is 1.49. The van der Waals surface area contributed by atoms with Crippen molar-refractivity contribution in [3.05, 3.63) is 90.0 Å². The summed E-state index contributed by atoms with van der Waals surface area (Å²) >= 11 is 0. The van der Waals surface area contributed by atoms with Crippen LogP contribution >= 0.6 is 0 Å². The van der Waals surface area contributed by atoms with E-state index in [1.165, 1.54) is 0 Å². The van der Waals surface area contributed by atoms with Crippen LogP contribution in [-0.2, 0) is 22.4 Å². The third-order valence-corrected chi connectivity index (χ3v) is 5.93. The molecule has 0 bridgehead atoms. The summed E-state index contributed by atoms with van der Waals surface area (Å²) in [5.41, 5.74) is 4.31. The van der Waals surface area contributed by atoms with Gasteiger partial charge in [-0.1, -0.05) is 66.7 Å². The Morgan fingerprint density at radius 3 is 2.47 bits per heavy atom. The summed E-state index contributed by atoms with van der Waals surface area (Å²) in [6.45, 7) is 1.42. The minimum absolute atomic E-state index is 0.00705. The van der Waals surface area contributed by atoms with Crippen LogP contribution in [0.4, 0.5) is 0 Å². The van der Waals surface area contributed by atoms with Gasteiger partial charge < -0.3 is 15.0 Å². The second-order valence-corrected chi connectivity index (χ2v) is 8.08. The van der Waals surface area contributed by atoms with Gasteiger partial charge in [0, 0.05) is 19.6 Å². The zero-order valence-electron chi connectivity index (χ0n) is 18.3. The fraction of sp³-hybridized carbons (Fsp3) is 0.259. The summed E-state index contributed by atoms with van der Waals surface area (Å²) in [4.78, 5) is 27.6. The van der Waals surface area contributed by atoms with E-state index in [0.29, 0.717) is 32.5 Å². The average molecular weight is 429 g/mol. The number of hydrogen-bond donors (Lipinski definition) is 1. The lowest BCUT2D eigenvalue weighted by atomic mass is 9.91. The van der Waals surface area contributed by atoms with E-state index in [2.05, 4.69) is 29.6 Å². The Morgan fingerprint density at radius 1 is 1.00 bits per heavy atom. The summed E-state index contributed by atoms with van der Waals surface area (Å²) < 4.78 is 5.19. The molecule has 1 atom stereocenters. The quantitative estimate of drug-likeness (QED) is 0.651. The molecule has 0 aromatic heterocycles. The monoisotopic (exact) mass is 428 g/mol. The van der Waals surface area contributed by atoms with Gasteiger partial charge in [-0.25, -0.2) is 0 Å². The maximum atomic E-state index is 13.0. The van der Waals surface area contributed by atoms with Crippen LogP contribution < -0.4 is 10.1 Å². The van der Waals surface area contributed by atoms with Crippen LogP contribution in [0.25, 0.3) is 11.1 Å². The summed E-state index contributed by atoms with van der Waals surface area (Å²) in [6, 6.07) is 25.9. The molecule has 0 aliphatic carbocycles. The number of ether oxygens (including phenoxy) is 1. The predicted molar refractivity (Wildman–Crippen MR) is 125 cm³/mol. The van der Waals surface area contributed by atoms with Gasteiger partial charge in [0.15, 0.2) is 0 Å². The molecule has 0 saturated carbocycles. The van der Waals surface area contributed by atoms with Crippen LogP contribution in [-0.4, -0.2) is 43.5 Å². The summed E-state index contributed by atoms with van der Waals surface area (Å²) in [7, 11) is 1.62. The topological polar surface area (TPSA) is 58.6 Å². The largest absolute Gasteiger partial charge is 0.497 e. The second kappa shape index (κ2) is 10.1. The first-order valence-corrected chi connectivity index (χ1v) is 11.0. The Kier molecular flexibility index (Phi) is 6.85. The molecule has 164 valence electrons. The van der Waals surface area contributed by atoms with E-state index >= 15 is 0 Å². The van der Waals surface area contributed by atoms with Crippen LogP contribution in [0.5, 0.6) is 5.75 Å². The first-order valence-electron chi connectivity index (χ1n) is 11.0. The number of amides is 2. The predicted octanol–water partition coefficient (Wildman–Crippen LogP) is 3.72. The van der Waals surface area contributed by atoms with E-state index in [4.69, 9.17) is 4.74 Å². The minimum Gasteiger partial charge on any atom is -0.497 e. The van der Waals surface area contributed by atoms with E-state index in [9.17, 15) is 9.59 Å². The zero-order chi connectivity index (χ0) is 22.3. The second-order valence-electron chi connectivity index (χ2n) is 8.08. The normalized spacial score (nSPS) is 16.2. The Hall–Kier alpha value is -3.60. The van der Waals surface area contributed by atoms with Crippen LogP contribution in [0.1, 0.15) is 11.1 Å². The van der Waals surface area contributed by atoms with Crippen molar-refractivity contribution in [3.63, 3.8) is 0 Å². The number of rotatable bonds is 6. The lowest BCUT2D eigenvalue weighted by molar-refractivity contribution is -0.131. The number of nitrogens with zero attached hydrogens (tertiary/aromatic N) is 1. The molecule has 32 heavy (non-hydrogen) atoms. The minimum atomic E-state index is -0.290. The Labute approximate surface area is 189 Å². The van der Waals surface area contributed by atoms with Crippen LogP contribution in [0.3, 0.4) is 0 Å². The fourth-order valence-corrected chi connectivity index (χ4v) is 4.18. The zero-order valence-corrected chi connectivity index (χ0v) is 18.3. The first-order chi connectivity index (χ1) is 15.6. The van der Waals surface area contributed by atoms with Crippen molar-refractivity contribution >= 4 is 11.8 Å². The Bertz CT molecular complexity index is 1060. The van der Waals surface area contributed by atoms with Gasteiger partial charge >= 0.3 is 0 Å². The highest BCUT2D eigenvalue weighted by Crippen LogP contribution is 2.26. The van der Waals surface area contributed by atoms with Crippen molar-refractivity contribution in [1.29, 1.82) is 0 Å². The van der Waals surface area contributed by atoms with E-state index < -0.39 is 0 Å². The molecule has 1 heterocycles. The van der Waals surface area contributed by atoms with Gasteiger partial charge in [-0.05, 0) is 40.8 Å².